The first-order chi connectivity index (χ1) is 8.35. The quantitative estimate of drug-likeness (QED) is 0.674. The van der Waals surface area contributed by atoms with E-state index in [1.165, 1.54) is 6.07 Å². The summed E-state index contributed by atoms with van der Waals surface area (Å²) in [5.74, 6) is 0. The molecule has 4 N–H and O–H groups in total. The molecule has 102 valence electrons. The van der Waals surface area contributed by atoms with E-state index in [1.807, 2.05) is 0 Å². The van der Waals surface area contributed by atoms with Crippen molar-refractivity contribution in [3.8, 4) is 0 Å². The monoisotopic (exact) mass is 272 g/mol. The van der Waals surface area contributed by atoms with E-state index in [0.717, 1.165) is 5.56 Å². The zero-order valence-electron chi connectivity index (χ0n) is 10.7. The molecule has 18 heavy (non-hydrogen) atoms. The number of benzene rings is 1. The number of anilines is 1. The lowest BCUT2D eigenvalue weighted by molar-refractivity contribution is 0.279. The van der Waals surface area contributed by atoms with E-state index in [1.54, 1.807) is 26.0 Å². The van der Waals surface area contributed by atoms with Gasteiger partial charge in [-0.1, -0.05) is 0 Å². The van der Waals surface area contributed by atoms with Crippen molar-refractivity contribution in [2.45, 2.75) is 37.6 Å². The average Bonchev–Trinajstić information content (AvgIpc) is 2.24. The first-order valence-corrected chi connectivity index (χ1v) is 7.34. The van der Waals surface area contributed by atoms with Gasteiger partial charge in [-0.15, -0.1) is 0 Å². The van der Waals surface area contributed by atoms with Crippen LogP contribution >= 0.6 is 0 Å². The lowest BCUT2D eigenvalue weighted by atomic mass is 10.2. The highest BCUT2D eigenvalue weighted by molar-refractivity contribution is 7.89. The molecular formula is C12H20N2O3S. The van der Waals surface area contributed by atoms with Gasteiger partial charge in [0, 0.05) is 18.3 Å². The second-order valence-electron chi connectivity index (χ2n) is 4.47. The van der Waals surface area contributed by atoms with Crippen LogP contribution in [0.25, 0.3) is 0 Å². The van der Waals surface area contributed by atoms with Crippen LogP contribution in [-0.2, 0) is 10.0 Å². The van der Waals surface area contributed by atoms with Crippen LogP contribution < -0.4 is 10.5 Å². The van der Waals surface area contributed by atoms with Crippen LogP contribution in [0.2, 0.25) is 0 Å². The van der Waals surface area contributed by atoms with E-state index in [9.17, 15) is 8.42 Å². The van der Waals surface area contributed by atoms with Crippen molar-refractivity contribution in [3.05, 3.63) is 23.8 Å². The van der Waals surface area contributed by atoms with Gasteiger partial charge in [0.05, 0.1) is 4.90 Å². The van der Waals surface area contributed by atoms with Crippen molar-refractivity contribution >= 4 is 15.7 Å². The highest BCUT2D eigenvalue weighted by atomic mass is 32.2. The Morgan fingerprint density at radius 1 is 1.39 bits per heavy atom. The maximum atomic E-state index is 12.1. The average molecular weight is 272 g/mol. The molecule has 0 aromatic heterocycles. The van der Waals surface area contributed by atoms with Crippen molar-refractivity contribution < 1.29 is 13.5 Å². The van der Waals surface area contributed by atoms with E-state index in [0.29, 0.717) is 18.5 Å². The van der Waals surface area contributed by atoms with Crippen LogP contribution in [-0.4, -0.2) is 26.2 Å². The summed E-state index contributed by atoms with van der Waals surface area (Å²) in [5.41, 5.74) is 6.87. The molecule has 1 aromatic rings. The number of aliphatic hydroxyl groups is 1. The molecular weight excluding hydrogens is 252 g/mol. The largest absolute Gasteiger partial charge is 0.399 e. The fraction of sp³-hybridized carbons (Fsp3) is 0.500. The van der Waals surface area contributed by atoms with Crippen LogP contribution in [0.5, 0.6) is 0 Å². The molecule has 1 rings (SSSR count). The van der Waals surface area contributed by atoms with Gasteiger partial charge in [-0.25, -0.2) is 13.1 Å². The van der Waals surface area contributed by atoms with E-state index in [4.69, 9.17) is 10.8 Å². The minimum atomic E-state index is -3.55. The molecule has 0 heterocycles. The minimum Gasteiger partial charge on any atom is -0.399 e. The Morgan fingerprint density at radius 2 is 2.06 bits per heavy atom. The molecule has 6 heteroatoms. The molecule has 1 atom stereocenters. The fourth-order valence-corrected chi connectivity index (χ4v) is 3.14. The maximum Gasteiger partial charge on any atom is 0.240 e. The first kappa shape index (κ1) is 14.9. The Balaban J connectivity index is 2.86. The van der Waals surface area contributed by atoms with Crippen molar-refractivity contribution in [1.29, 1.82) is 0 Å². The van der Waals surface area contributed by atoms with Gasteiger partial charge < -0.3 is 10.8 Å². The third-order valence-electron chi connectivity index (χ3n) is 2.54. The summed E-state index contributed by atoms with van der Waals surface area (Å²) >= 11 is 0. The fourth-order valence-electron chi connectivity index (χ4n) is 1.72. The maximum absolute atomic E-state index is 12.1. The predicted octanol–water partition coefficient (Wildman–Crippen LogP) is 1.02. The molecule has 0 saturated heterocycles. The number of nitrogen functional groups attached to an aromatic ring is 1. The summed E-state index contributed by atoms with van der Waals surface area (Å²) in [4.78, 5) is 0.177. The normalized spacial score (nSPS) is 13.5. The van der Waals surface area contributed by atoms with Gasteiger partial charge in [0.25, 0.3) is 0 Å². The van der Waals surface area contributed by atoms with Crippen LogP contribution in [0.1, 0.15) is 25.3 Å². The molecule has 0 amide bonds. The predicted molar refractivity (Wildman–Crippen MR) is 71.7 cm³/mol. The van der Waals surface area contributed by atoms with Crippen LogP contribution in [0.3, 0.4) is 0 Å². The highest BCUT2D eigenvalue weighted by Gasteiger charge is 2.17. The molecule has 0 bridgehead atoms. The lowest BCUT2D eigenvalue weighted by Crippen LogP contribution is -2.32. The Labute approximate surface area is 108 Å². The van der Waals surface area contributed by atoms with E-state index in [-0.39, 0.29) is 17.5 Å². The second kappa shape index (κ2) is 6.17. The smallest absolute Gasteiger partial charge is 0.240 e. The highest BCUT2D eigenvalue weighted by Crippen LogP contribution is 2.16. The Hall–Kier alpha value is -1.11. The molecule has 0 aliphatic rings. The Kier molecular flexibility index (Phi) is 5.13. The second-order valence-corrected chi connectivity index (χ2v) is 6.18. The molecule has 1 aromatic carbocycles. The molecule has 0 saturated carbocycles. The van der Waals surface area contributed by atoms with Gasteiger partial charge in [-0.2, -0.15) is 0 Å². The number of sulfonamides is 1. The Morgan fingerprint density at radius 3 is 2.61 bits per heavy atom. The van der Waals surface area contributed by atoms with Crippen LogP contribution in [0.4, 0.5) is 5.69 Å². The number of hydrogen-bond donors (Lipinski definition) is 3. The molecule has 1 unspecified atom stereocenters. The van der Waals surface area contributed by atoms with Crippen molar-refractivity contribution in [2.24, 2.45) is 0 Å². The molecule has 0 aliphatic heterocycles. The van der Waals surface area contributed by atoms with Crippen molar-refractivity contribution in [2.75, 3.05) is 12.3 Å². The van der Waals surface area contributed by atoms with Crippen molar-refractivity contribution in [1.82, 2.24) is 4.72 Å². The van der Waals surface area contributed by atoms with E-state index >= 15 is 0 Å². The summed E-state index contributed by atoms with van der Waals surface area (Å²) in [6.45, 7) is 3.63. The lowest BCUT2D eigenvalue weighted by Gasteiger charge is -2.14. The number of hydrogen-bond acceptors (Lipinski definition) is 4. The SMILES string of the molecule is Cc1cc(N)cc(S(=O)(=O)NC(C)CCCO)c1. The molecule has 5 nitrogen and oxygen atoms in total. The summed E-state index contributed by atoms with van der Waals surface area (Å²) in [6.07, 6.45) is 1.16. The molecule has 0 aliphatic carbocycles. The first-order valence-electron chi connectivity index (χ1n) is 5.85. The molecule has 0 spiro atoms. The zero-order chi connectivity index (χ0) is 13.8. The Bertz CT molecular complexity index is 480. The van der Waals surface area contributed by atoms with Gasteiger partial charge in [-0.05, 0) is 50.5 Å². The standard InChI is InChI=1S/C12H20N2O3S/c1-9-6-11(13)8-12(7-9)18(16,17)14-10(2)4-3-5-15/h6-8,10,14-15H,3-5,13H2,1-2H3. The molecule has 0 fully saturated rings. The van der Waals surface area contributed by atoms with Gasteiger partial charge in [-0.3, -0.25) is 0 Å². The number of nitrogens with two attached hydrogens (primary N) is 1. The topological polar surface area (TPSA) is 92.4 Å². The summed E-state index contributed by atoms with van der Waals surface area (Å²) < 4.78 is 26.7. The van der Waals surface area contributed by atoms with Gasteiger partial charge >= 0.3 is 0 Å². The van der Waals surface area contributed by atoms with Gasteiger partial charge in [0.2, 0.25) is 10.0 Å². The van der Waals surface area contributed by atoms with Crippen LogP contribution in [0, 0.1) is 6.92 Å². The third kappa shape index (κ3) is 4.29. The van der Waals surface area contributed by atoms with E-state index < -0.39 is 10.0 Å². The summed E-state index contributed by atoms with van der Waals surface area (Å²) in [6, 6.07) is 4.52. The number of nitrogens with one attached hydrogen (secondary N) is 1. The zero-order valence-corrected chi connectivity index (χ0v) is 11.5. The number of aliphatic hydroxyl groups excluding tert-OH is 1. The molecule has 0 radical (unpaired) electrons. The van der Waals surface area contributed by atoms with E-state index in [2.05, 4.69) is 4.72 Å². The minimum absolute atomic E-state index is 0.0590. The van der Waals surface area contributed by atoms with Gasteiger partial charge in [0.1, 0.15) is 0 Å². The van der Waals surface area contributed by atoms with Crippen LogP contribution in [0.15, 0.2) is 23.1 Å². The summed E-state index contributed by atoms with van der Waals surface area (Å²) in [5, 5.41) is 8.71. The van der Waals surface area contributed by atoms with Gasteiger partial charge in [0.15, 0.2) is 0 Å². The summed E-state index contributed by atoms with van der Waals surface area (Å²) in [7, 11) is -3.55. The van der Waals surface area contributed by atoms with Crippen molar-refractivity contribution in [3.63, 3.8) is 0 Å². The number of rotatable bonds is 6. The third-order valence-corrected chi connectivity index (χ3v) is 4.10. The number of aryl methyl sites for hydroxylation is 1.